The minimum atomic E-state index is -0.963. The largest absolute Gasteiger partial charge is 0.396 e. The Bertz CT molecular complexity index is 1720. The Morgan fingerprint density at radius 2 is 1.89 bits per heavy atom. The van der Waals surface area contributed by atoms with Gasteiger partial charge in [0.15, 0.2) is 0 Å². The van der Waals surface area contributed by atoms with Crippen LogP contribution in [0.1, 0.15) is 48.1 Å². The number of carbonyl (C=O) groups is 3. The molecule has 1 saturated carbocycles. The number of fused-ring (bicyclic) bond motifs is 3. The molecule has 4 N–H and O–H groups in total. The van der Waals surface area contributed by atoms with Gasteiger partial charge in [-0.25, -0.2) is 28.4 Å². The van der Waals surface area contributed by atoms with Crippen LogP contribution in [0.5, 0.6) is 0 Å². The topological polar surface area (TPSA) is 128 Å². The predicted molar refractivity (Wildman–Crippen MR) is 154 cm³/mol. The van der Waals surface area contributed by atoms with Crippen LogP contribution in [-0.4, -0.2) is 57.9 Å². The van der Waals surface area contributed by atoms with Gasteiger partial charge in [0.25, 0.3) is 5.82 Å². The van der Waals surface area contributed by atoms with Gasteiger partial charge in [-0.2, -0.15) is 0 Å². The molecule has 0 radical (unpaired) electrons. The highest BCUT2D eigenvalue weighted by Crippen LogP contribution is 2.51. The van der Waals surface area contributed by atoms with Crippen LogP contribution in [0.4, 0.5) is 20.4 Å². The molecule has 7 rings (SSSR count). The van der Waals surface area contributed by atoms with Crippen molar-refractivity contribution in [3.8, 4) is 0 Å². The van der Waals surface area contributed by atoms with E-state index in [4.69, 9.17) is 0 Å². The van der Waals surface area contributed by atoms with Gasteiger partial charge in [-0.15, -0.1) is 0 Å². The van der Waals surface area contributed by atoms with Crippen molar-refractivity contribution in [3.05, 3.63) is 82.7 Å². The number of benzene rings is 1. The molecule has 1 aromatic carbocycles. The second-order valence-corrected chi connectivity index (χ2v) is 13.1. The SMILES string of the molecule is C[n+]1cccc2c1NC(=O)C21Cc2cnc(NC(=O)CN3C(=O)C4(CC(C)(CO)C4)NCC3c3cc(F)cc(F)c3)cc2C1. The molecule has 2 fully saturated rings. The number of nitrogens with one attached hydrogen (secondary N) is 3. The fourth-order valence-electron chi connectivity index (χ4n) is 7.76. The summed E-state index contributed by atoms with van der Waals surface area (Å²) in [5.41, 5.74) is 0.827. The number of amides is 3. The maximum Gasteiger partial charge on any atom is 0.319 e. The van der Waals surface area contributed by atoms with Gasteiger partial charge in [0.2, 0.25) is 11.8 Å². The second-order valence-electron chi connectivity index (χ2n) is 13.1. The molecule has 2 atom stereocenters. The van der Waals surface area contributed by atoms with Crippen molar-refractivity contribution in [1.82, 2.24) is 15.2 Å². The van der Waals surface area contributed by atoms with E-state index >= 15 is 0 Å². The highest BCUT2D eigenvalue weighted by molar-refractivity contribution is 6.05. The van der Waals surface area contributed by atoms with E-state index in [2.05, 4.69) is 20.9 Å². The standard InChI is InChI=1S/C32H32F2N6O4/c1-30(17-41)15-32(16-30)29(44)40(24(13-36-32)18-6-21(33)9-22(34)7-18)14-26(42)37-25-8-19-10-31(11-20(19)12-35-25)23-4-3-5-39(2)27(23)38-28(31)43/h3-9,12,24,36,41H,10-11,13-17H2,1-2H3,(H,35,37,42)/p+1. The highest BCUT2D eigenvalue weighted by Gasteiger charge is 2.60. The lowest BCUT2D eigenvalue weighted by Gasteiger charge is -2.58. The number of halogens is 2. The van der Waals surface area contributed by atoms with Crippen LogP contribution in [0, 0.1) is 17.0 Å². The molecule has 12 heteroatoms. The van der Waals surface area contributed by atoms with Crippen LogP contribution < -0.4 is 20.5 Å². The molecule has 2 spiro atoms. The zero-order chi connectivity index (χ0) is 31.0. The predicted octanol–water partition coefficient (Wildman–Crippen LogP) is 1.82. The first-order valence-electron chi connectivity index (χ1n) is 14.7. The summed E-state index contributed by atoms with van der Waals surface area (Å²) >= 11 is 0. The average Bonchev–Trinajstić information content (AvgIpc) is 3.47. The molecular weight excluding hydrogens is 570 g/mol. The van der Waals surface area contributed by atoms with Crippen LogP contribution >= 0.6 is 0 Å². The number of carbonyl (C=O) groups excluding carboxylic acids is 3. The molecule has 2 aromatic heterocycles. The molecule has 1 saturated heterocycles. The van der Waals surface area contributed by atoms with E-state index in [1.807, 2.05) is 36.9 Å². The Labute approximate surface area is 252 Å². The summed E-state index contributed by atoms with van der Waals surface area (Å²) in [6.07, 6.45) is 5.24. The lowest BCUT2D eigenvalue weighted by atomic mass is 9.57. The molecular formula is C32H33F2N6O4+. The number of aromatic nitrogens is 2. The van der Waals surface area contributed by atoms with Gasteiger partial charge in [-0.1, -0.05) is 6.92 Å². The maximum atomic E-state index is 14.2. The Hall–Kier alpha value is -4.29. The van der Waals surface area contributed by atoms with Crippen molar-refractivity contribution in [1.29, 1.82) is 0 Å². The van der Waals surface area contributed by atoms with Crippen molar-refractivity contribution in [2.24, 2.45) is 12.5 Å². The van der Waals surface area contributed by atoms with Gasteiger partial charge in [0, 0.05) is 25.4 Å². The van der Waals surface area contributed by atoms with E-state index in [0.29, 0.717) is 25.7 Å². The molecule has 228 valence electrons. The quantitative estimate of drug-likeness (QED) is 0.330. The molecule has 2 unspecified atom stereocenters. The lowest BCUT2D eigenvalue weighted by molar-refractivity contribution is -0.657. The van der Waals surface area contributed by atoms with Gasteiger partial charge < -0.3 is 20.6 Å². The molecule has 44 heavy (non-hydrogen) atoms. The normalized spacial score (nSPS) is 28.6. The number of aliphatic hydroxyl groups is 1. The van der Waals surface area contributed by atoms with E-state index in [-0.39, 0.29) is 42.9 Å². The van der Waals surface area contributed by atoms with Crippen LogP contribution in [-0.2, 0) is 39.7 Å². The maximum absolute atomic E-state index is 14.2. The van der Waals surface area contributed by atoms with Crippen molar-refractivity contribution in [2.45, 2.75) is 49.6 Å². The summed E-state index contributed by atoms with van der Waals surface area (Å²) < 4.78 is 30.2. The number of piperazine rings is 1. The Kier molecular flexibility index (Phi) is 6.38. The number of anilines is 2. The smallest absolute Gasteiger partial charge is 0.319 e. The summed E-state index contributed by atoms with van der Waals surface area (Å²) in [5.74, 6) is -1.45. The van der Waals surface area contributed by atoms with E-state index in [1.54, 1.807) is 12.3 Å². The Balaban J connectivity index is 1.12. The highest BCUT2D eigenvalue weighted by atomic mass is 19.1. The van der Waals surface area contributed by atoms with Crippen LogP contribution in [0.25, 0.3) is 0 Å². The number of hydrogen-bond acceptors (Lipinski definition) is 6. The minimum Gasteiger partial charge on any atom is -0.396 e. The summed E-state index contributed by atoms with van der Waals surface area (Å²) in [6, 6.07) is 7.93. The van der Waals surface area contributed by atoms with Crippen LogP contribution in [0.3, 0.4) is 0 Å². The zero-order valence-corrected chi connectivity index (χ0v) is 24.4. The van der Waals surface area contributed by atoms with E-state index in [0.717, 1.165) is 28.6 Å². The molecule has 10 nitrogen and oxygen atoms in total. The number of hydrogen-bond donors (Lipinski definition) is 4. The van der Waals surface area contributed by atoms with E-state index in [1.165, 1.54) is 17.0 Å². The molecule has 2 aliphatic heterocycles. The summed E-state index contributed by atoms with van der Waals surface area (Å²) in [7, 11) is 1.88. The third-order valence-electron chi connectivity index (χ3n) is 9.80. The summed E-state index contributed by atoms with van der Waals surface area (Å²) in [4.78, 5) is 46.3. The molecule has 3 aromatic rings. The van der Waals surface area contributed by atoms with Crippen molar-refractivity contribution >= 4 is 29.4 Å². The molecule has 3 amide bonds. The molecule has 4 aliphatic rings. The number of rotatable bonds is 5. The third kappa shape index (κ3) is 4.38. The third-order valence-corrected chi connectivity index (χ3v) is 9.80. The minimum absolute atomic E-state index is 0.0737. The second kappa shape index (κ2) is 9.86. The van der Waals surface area contributed by atoms with Gasteiger partial charge in [-0.3, -0.25) is 9.59 Å². The average molecular weight is 604 g/mol. The van der Waals surface area contributed by atoms with E-state index < -0.39 is 40.0 Å². The van der Waals surface area contributed by atoms with Gasteiger partial charge in [0.05, 0.1) is 30.4 Å². The zero-order valence-electron chi connectivity index (χ0n) is 24.4. The fourth-order valence-corrected chi connectivity index (χ4v) is 7.76. The van der Waals surface area contributed by atoms with Crippen LogP contribution in [0.15, 0.2) is 48.8 Å². The molecule has 0 bridgehead atoms. The Morgan fingerprint density at radius 1 is 1.16 bits per heavy atom. The number of pyridine rings is 2. The molecule has 2 aliphatic carbocycles. The van der Waals surface area contributed by atoms with Crippen molar-refractivity contribution < 1.29 is 32.8 Å². The Morgan fingerprint density at radius 3 is 2.61 bits per heavy atom. The van der Waals surface area contributed by atoms with Crippen LogP contribution in [0.2, 0.25) is 0 Å². The fraction of sp³-hybridized carbons (Fsp3) is 0.406. The van der Waals surface area contributed by atoms with Crippen molar-refractivity contribution in [2.75, 3.05) is 30.3 Å². The van der Waals surface area contributed by atoms with E-state index in [9.17, 15) is 28.3 Å². The summed E-state index contributed by atoms with van der Waals surface area (Å²) in [5, 5.41) is 18.8. The first-order chi connectivity index (χ1) is 20.9. The molecule has 4 heterocycles. The first kappa shape index (κ1) is 28.5. The van der Waals surface area contributed by atoms with Gasteiger partial charge in [0.1, 0.15) is 29.4 Å². The first-order valence-corrected chi connectivity index (χ1v) is 14.7. The number of nitrogens with zero attached hydrogens (tertiary/aromatic N) is 3. The van der Waals surface area contributed by atoms with Crippen molar-refractivity contribution in [3.63, 3.8) is 0 Å². The van der Waals surface area contributed by atoms with Gasteiger partial charge in [-0.05, 0) is 78.1 Å². The lowest BCUT2D eigenvalue weighted by Crippen LogP contribution is -2.73. The van der Waals surface area contributed by atoms with Gasteiger partial charge >= 0.3 is 5.91 Å². The summed E-state index contributed by atoms with van der Waals surface area (Å²) in [6.45, 7) is 1.62. The number of aryl methyl sites for hydroxylation is 1. The number of aliphatic hydroxyl groups excluding tert-OH is 1. The monoisotopic (exact) mass is 603 g/mol.